The van der Waals surface area contributed by atoms with Crippen LogP contribution in [-0.2, 0) is 6.54 Å². The first-order chi connectivity index (χ1) is 10.2. The van der Waals surface area contributed by atoms with Crippen LogP contribution in [0.15, 0.2) is 29.8 Å². The van der Waals surface area contributed by atoms with E-state index in [-0.39, 0.29) is 12.5 Å². The number of benzene rings is 1. The van der Waals surface area contributed by atoms with Gasteiger partial charge in [0.15, 0.2) is 0 Å². The average molecular weight is 300 g/mol. The van der Waals surface area contributed by atoms with Gasteiger partial charge in [0.05, 0.1) is 17.8 Å². The van der Waals surface area contributed by atoms with Crippen molar-refractivity contribution in [3.05, 3.63) is 51.5 Å². The summed E-state index contributed by atoms with van der Waals surface area (Å²) in [7, 11) is 0. The molecule has 0 aliphatic carbocycles. The van der Waals surface area contributed by atoms with E-state index in [1.807, 2.05) is 31.2 Å². The third-order valence-electron chi connectivity index (χ3n) is 2.83. The largest absolute Gasteiger partial charge is 0.395 e. The Labute approximate surface area is 127 Å². The number of nitrogens with zero attached hydrogens (tertiary/aromatic N) is 1. The van der Waals surface area contributed by atoms with Gasteiger partial charge in [0.1, 0.15) is 4.88 Å². The minimum atomic E-state index is -0.0955. The Hall–Kier alpha value is -2.16. The molecular weight excluding hydrogens is 284 g/mol. The van der Waals surface area contributed by atoms with Crippen molar-refractivity contribution in [1.29, 1.82) is 0 Å². The maximum atomic E-state index is 12.0. The minimum Gasteiger partial charge on any atom is -0.395 e. The third-order valence-corrected chi connectivity index (χ3v) is 3.76. The molecule has 0 bridgehead atoms. The number of amides is 1. The lowest BCUT2D eigenvalue weighted by atomic mass is 10.1. The number of aliphatic hydroxyl groups excluding tert-OH is 1. The summed E-state index contributed by atoms with van der Waals surface area (Å²) in [6.45, 7) is 2.37. The van der Waals surface area contributed by atoms with Crippen molar-refractivity contribution < 1.29 is 9.90 Å². The van der Waals surface area contributed by atoms with E-state index >= 15 is 0 Å². The number of thiazole rings is 1. The van der Waals surface area contributed by atoms with Gasteiger partial charge in [0.2, 0.25) is 0 Å². The quantitative estimate of drug-likeness (QED) is 0.850. The van der Waals surface area contributed by atoms with E-state index in [1.54, 1.807) is 5.51 Å². The van der Waals surface area contributed by atoms with Gasteiger partial charge in [-0.2, -0.15) is 0 Å². The first kappa shape index (κ1) is 15.2. The summed E-state index contributed by atoms with van der Waals surface area (Å²) in [5.41, 5.74) is 4.34. The summed E-state index contributed by atoms with van der Waals surface area (Å²) >= 11 is 1.34. The molecule has 0 saturated heterocycles. The normalized spacial score (nSPS) is 9.81. The van der Waals surface area contributed by atoms with Crippen molar-refractivity contribution >= 4 is 17.2 Å². The van der Waals surface area contributed by atoms with Crippen LogP contribution in [0.5, 0.6) is 0 Å². The Morgan fingerprint density at radius 2 is 2.14 bits per heavy atom. The molecule has 0 aliphatic heterocycles. The van der Waals surface area contributed by atoms with Crippen molar-refractivity contribution in [3.8, 4) is 11.8 Å². The summed E-state index contributed by atoms with van der Waals surface area (Å²) in [5.74, 6) is 5.74. The first-order valence-corrected chi connectivity index (χ1v) is 7.45. The number of carbonyl (C=O) groups excluding carboxylic acids is 1. The fourth-order valence-electron chi connectivity index (χ4n) is 1.71. The monoisotopic (exact) mass is 300 g/mol. The van der Waals surface area contributed by atoms with E-state index in [0.29, 0.717) is 17.8 Å². The number of hydrogen-bond acceptors (Lipinski definition) is 4. The molecule has 1 aromatic carbocycles. The molecule has 0 saturated carbocycles. The van der Waals surface area contributed by atoms with Crippen LogP contribution in [-0.4, -0.2) is 22.6 Å². The highest BCUT2D eigenvalue weighted by Crippen LogP contribution is 2.12. The highest BCUT2D eigenvalue weighted by molar-refractivity contribution is 7.11. The molecule has 2 rings (SSSR count). The van der Waals surface area contributed by atoms with Gasteiger partial charge >= 0.3 is 0 Å². The Morgan fingerprint density at radius 1 is 1.38 bits per heavy atom. The second-order valence-electron chi connectivity index (χ2n) is 4.42. The molecule has 5 heteroatoms. The van der Waals surface area contributed by atoms with Crippen molar-refractivity contribution in [2.24, 2.45) is 0 Å². The van der Waals surface area contributed by atoms with Gasteiger partial charge in [0.25, 0.3) is 5.91 Å². The Kier molecular flexibility index (Phi) is 5.50. The fourth-order valence-corrected chi connectivity index (χ4v) is 2.43. The van der Waals surface area contributed by atoms with Gasteiger partial charge in [-0.1, -0.05) is 24.0 Å². The molecule has 108 valence electrons. The molecule has 1 heterocycles. The number of aliphatic hydroxyl groups is 1. The topological polar surface area (TPSA) is 62.2 Å². The molecule has 2 aromatic rings. The predicted molar refractivity (Wildman–Crippen MR) is 83.0 cm³/mol. The van der Waals surface area contributed by atoms with Gasteiger partial charge in [-0.3, -0.25) is 4.79 Å². The van der Waals surface area contributed by atoms with E-state index in [1.165, 1.54) is 11.3 Å². The smallest absolute Gasteiger partial charge is 0.263 e. The van der Waals surface area contributed by atoms with Gasteiger partial charge in [-0.15, -0.1) is 11.3 Å². The summed E-state index contributed by atoms with van der Waals surface area (Å²) in [6, 6.07) is 7.68. The molecule has 0 unspecified atom stereocenters. The zero-order chi connectivity index (χ0) is 15.1. The van der Waals surface area contributed by atoms with E-state index in [0.717, 1.165) is 16.8 Å². The van der Waals surface area contributed by atoms with Crippen LogP contribution in [0, 0.1) is 18.8 Å². The molecule has 2 N–H and O–H groups in total. The van der Waals surface area contributed by atoms with Gasteiger partial charge < -0.3 is 10.4 Å². The summed E-state index contributed by atoms with van der Waals surface area (Å²) in [6.07, 6.45) is 0.478. The number of carbonyl (C=O) groups is 1. The van der Waals surface area contributed by atoms with Crippen LogP contribution in [0.1, 0.15) is 32.9 Å². The number of rotatable bonds is 4. The summed E-state index contributed by atoms with van der Waals surface area (Å²) < 4.78 is 0. The van der Waals surface area contributed by atoms with E-state index in [2.05, 4.69) is 22.1 Å². The van der Waals surface area contributed by atoms with E-state index in [4.69, 9.17) is 5.11 Å². The van der Waals surface area contributed by atoms with Crippen molar-refractivity contribution in [2.45, 2.75) is 19.9 Å². The zero-order valence-corrected chi connectivity index (χ0v) is 12.5. The van der Waals surface area contributed by atoms with E-state index < -0.39 is 0 Å². The first-order valence-electron chi connectivity index (χ1n) is 6.57. The number of nitrogens with one attached hydrogen (secondary N) is 1. The van der Waals surface area contributed by atoms with Crippen molar-refractivity contribution in [1.82, 2.24) is 10.3 Å². The maximum Gasteiger partial charge on any atom is 0.263 e. The molecule has 0 spiro atoms. The molecule has 1 aromatic heterocycles. The number of hydrogen-bond donors (Lipinski definition) is 2. The van der Waals surface area contributed by atoms with Crippen LogP contribution in [0.2, 0.25) is 0 Å². The molecule has 1 amide bonds. The molecular formula is C16H16N2O2S. The summed E-state index contributed by atoms with van der Waals surface area (Å²) in [4.78, 5) is 16.7. The van der Waals surface area contributed by atoms with Crippen LogP contribution in [0.4, 0.5) is 0 Å². The summed E-state index contributed by atoms with van der Waals surface area (Å²) in [5, 5.41) is 11.5. The fraction of sp³-hybridized carbons (Fsp3) is 0.250. The Balaban J connectivity index is 1.91. The Bertz CT molecular complexity index is 666. The van der Waals surface area contributed by atoms with Gasteiger partial charge in [-0.25, -0.2) is 4.98 Å². The number of aromatic nitrogens is 1. The molecule has 0 fully saturated rings. The van der Waals surface area contributed by atoms with Crippen molar-refractivity contribution in [2.75, 3.05) is 6.61 Å². The third kappa shape index (κ3) is 4.42. The highest BCUT2D eigenvalue weighted by Gasteiger charge is 2.10. The highest BCUT2D eigenvalue weighted by atomic mass is 32.1. The van der Waals surface area contributed by atoms with Crippen LogP contribution < -0.4 is 5.32 Å². The molecule has 0 atom stereocenters. The minimum absolute atomic E-state index is 0.0775. The predicted octanol–water partition coefficient (Wildman–Crippen LogP) is 2.12. The van der Waals surface area contributed by atoms with Crippen LogP contribution in [0.25, 0.3) is 0 Å². The molecule has 0 radical (unpaired) electrons. The molecule has 4 nitrogen and oxygen atoms in total. The van der Waals surface area contributed by atoms with Gasteiger partial charge in [0, 0.05) is 18.5 Å². The lowest BCUT2D eigenvalue weighted by molar-refractivity contribution is 0.0954. The second-order valence-corrected chi connectivity index (χ2v) is 5.28. The number of aryl methyl sites for hydroxylation is 1. The lowest BCUT2D eigenvalue weighted by Crippen LogP contribution is -2.22. The standard InChI is InChI=1S/C16H16N2O2S/c1-12-15(21-11-18-12)16(20)17-10-14-7-5-13(6-8-14)4-2-3-9-19/h5-8,11,19H,3,9-10H2,1H3,(H,17,20). The maximum absolute atomic E-state index is 12.0. The van der Waals surface area contributed by atoms with Gasteiger partial charge in [-0.05, 0) is 24.6 Å². The van der Waals surface area contributed by atoms with Crippen molar-refractivity contribution in [3.63, 3.8) is 0 Å². The van der Waals surface area contributed by atoms with Crippen LogP contribution in [0.3, 0.4) is 0 Å². The molecule has 21 heavy (non-hydrogen) atoms. The SMILES string of the molecule is Cc1ncsc1C(=O)NCc1ccc(C#CCCO)cc1. The molecule has 0 aliphatic rings. The zero-order valence-electron chi connectivity index (χ0n) is 11.7. The Morgan fingerprint density at radius 3 is 2.76 bits per heavy atom. The van der Waals surface area contributed by atoms with Crippen LogP contribution >= 0.6 is 11.3 Å². The van der Waals surface area contributed by atoms with E-state index in [9.17, 15) is 4.79 Å². The second kappa shape index (κ2) is 7.58. The lowest BCUT2D eigenvalue weighted by Gasteiger charge is -2.04. The average Bonchev–Trinajstić information content (AvgIpc) is 2.92.